The number of hydrogen-bond donors (Lipinski definition) is 0. The molecule has 0 spiro atoms. The van der Waals surface area contributed by atoms with E-state index in [1.165, 1.54) is 0 Å². The Bertz CT molecular complexity index is 554. The Morgan fingerprint density at radius 1 is 1.40 bits per heavy atom. The quantitative estimate of drug-likeness (QED) is 0.724. The summed E-state index contributed by atoms with van der Waals surface area (Å²) in [6.45, 7) is 3.60. The fourth-order valence-electron chi connectivity index (χ4n) is 2.10. The molecule has 0 aliphatic carbocycles. The average molecular weight is 266 g/mol. The number of hydrogen-bond acceptors (Lipinski definition) is 1. The molecule has 0 N–H and O–H groups in total. The van der Waals surface area contributed by atoms with E-state index in [1.807, 2.05) is 36.7 Å². The minimum Gasteiger partial charge on any atom is -0.341 e. The van der Waals surface area contributed by atoms with E-state index in [4.69, 9.17) is 0 Å². The van der Waals surface area contributed by atoms with Crippen LogP contribution >= 0.6 is 15.9 Å². The second-order valence-corrected chi connectivity index (χ2v) is 4.67. The second kappa shape index (κ2) is 3.49. The highest BCUT2D eigenvalue weighted by molar-refractivity contribution is 9.10. The van der Waals surface area contributed by atoms with Crippen molar-refractivity contribution in [2.24, 2.45) is 7.05 Å². The summed E-state index contributed by atoms with van der Waals surface area (Å²) in [7, 11) is 1.93. The summed E-state index contributed by atoms with van der Waals surface area (Å²) in [4.78, 5) is 11.5. The first kappa shape index (κ1) is 10.4. The summed E-state index contributed by atoms with van der Waals surface area (Å²) in [5.41, 5.74) is 2.95. The first-order valence-corrected chi connectivity index (χ1v) is 5.57. The summed E-state index contributed by atoms with van der Waals surface area (Å²) in [5.74, 6) is 0.113. The third kappa shape index (κ3) is 1.51. The zero-order valence-electron chi connectivity index (χ0n) is 8.97. The maximum atomic E-state index is 11.5. The van der Waals surface area contributed by atoms with Crippen LogP contribution in [0, 0.1) is 6.92 Å². The van der Waals surface area contributed by atoms with Gasteiger partial charge >= 0.3 is 0 Å². The number of carbonyl (C=O) groups excluding carboxylic acids is 1. The lowest BCUT2D eigenvalue weighted by atomic mass is 10.1. The molecule has 0 fully saturated rings. The SMILES string of the molecule is CC(=O)c1c(C)c2ccc(Br)cc2n1C. The third-order valence-corrected chi connectivity index (χ3v) is 3.24. The predicted molar refractivity (Wildman–Crippen MR) is 65.4 cm³/mol. The van der Waals surface area contributed by atoms with E-state index in [2.05, 4.69) is 15.9 Å². The molecule has 0 saturated heterocycles. The van der Waals surface area contributed by atoms with Crippen LogP contribution in [0.5, 0.6) is 0 Å². The lowest BCUT2D eigenvalue weighted by molar-refractivity contribution is 0.101. The number of rotatable bonds is 1. The molecule has 3 heteroatoms. The Morgan fingerprint density at radius 2 is 2.07 bits per heavy atom. The molecule has 2 aromatic rings. The number of ketones is 1. The minimum atomic E-state index is 0.113. The van der Waals surface area contributed by atoms with Crippen LogP contribution in [-0.4, -0.2) is 10.4 Å². The van der Waals surface area contributed by atoms with Gasteiger partial charge < -0.3 is 4.57 Å². The molecular weight excluding hydrogens is 254 g/mol. The van der Waals surface area contributed by atoms with Gasteiger partial charge in [-0.05, 0) is 24.6 Å². The van der Waals surface area contributed by atoms with Crippen LogP contribution in [0.4, 0.5) is 0 Å². The lowest BCUT2D eigenvalue weighted by Crippen LogP contribution is -2.02. The van der Waals surface area contributed by atoms with Gasteiger partial charge in [0.05, 0.1) is 5.69 Å². The minimum absolute atomic E-state index is 0.113. The van der Waals surface area contributed by atoms with Gasteiger partial charge in [0, 0.05) is 29.3 Å². The molecule has 0 amide bonds. The van der Waals surface area contributed by atoms with E-state index in [1.54, 1.807) is 6.92 Å². The van der Waals surface area contributed by atoms with Crippen molar-refractivity contribution in [3.8, 4) is 0 Å². The number of Topliss-reactive ketones (excluding diaryl/α,β-unsaturated/α-hetero) is 1. The number of halogens is 1. The van der Waals surface area contributed by atoms with Gasteiger partial charge in [-0.1, -0.05) is 22.0 Å². The number of benzene rings is 1. The van der Waals surface area contributed by atoms with Crippen molar-refractivity contribution in [3.63, 3.8) is 0 Å². The molecule has 1 aromatic carbocycles. The Hall–Kier alpha value is -1.09. The van der Waals surface area contributed by atoms with E-state index >= 15 is 0 Å². The standard InChI is InChI=1S/C12H12BrNO/c1-7-10-5-4-9(13)6-11(10)14(3)12(7)8(2)15/h4-6H,1-3H3. The van der Waals surface area contributed by atoms with Crippen LogP contribution < -0.4 is 0 Å². The van der Waals surface area contributed by atoms with Crippen molar-refractivity contribution in [2.75, 3.05) is 0 Å². The summed E-state index contributed by atoms with van der Waals surface area (Å²) >= 11 is 3.44. The zero-order chi connectivity index (χ0) is 11.2. The van der Waals surface area contributed by atoms with Gasteiger partial charge in [0.15, 0.2) is 5.78 Å². The van der Waals surface area contributed by atoms with E-state index in [-0.39, 0.29) is 5.78 Å². The van der Waals surface area contributed by atoms with Gasteiger partial charge in [-0.25, -0.2) is 0 Å². The molecule has 78 valence electrons. The fourth-order valence-corrected chi connectivity index (χ4v) is 2.45. The van der Waals surface area contributed by atoms with Gasteiger partial charge in [0.25, 0.3) is 0 Å². The number of fused-ring (bicyclic) bond motifs is 1. The highest BCUT2D eigenvalue weighted by Gasteiger charge is 2.14. The molecule has 0 radical (unpaired) electrons. The molecular formula is C12H12BrNO. The van der Waals surface area contributed by atoms with Crippen molar-refractivity contribution >= 4 is 32.6 Å². The smallest absolute Gasteiger partial charge is 0.176 e. The summed E-state index contributed by atoms with van der Waals surface area (Å²) in [6, 6.07) is 6.08. The van der Waals surface area contributed by atoms with Crippen LogP contribution in [0.25, 0.3) is 10.9 Å². The van der Waals surface area contributed by atoms with Crippen molar-refractivity contribution in [1.82, 2.24) is 4.57 Å². The summed E-state index contributed by atoms with van der Waals surface area (Å²) < 4.78 is 2.99. The molecule has 0 saturated carbocycles. The van der Waals surface area contributed by atoms with E-state index < -0.39 is 0 Å². The first-order valence-electron chi connectivity index (χ1n) is 4.78. The molecule has 2 nitrogen and oxygen atoms in total. The van der Waals surface area contributed by atoms with Gasteiger partial charge in [0.2, 0.25) is 0 Å². The molecule has 0 unspecified atom stereocenters. The molecule has 0 bridgehead atoms. The molecule has 1 heterocycles. The Labute approximate surface area is 97.0 Å². The molecule has 0 atom stereocenters. The highest BCUT2D eigenvalue weighted by Crippen LogP contribution is 2.27. The number of carbonyl (C=O) groups is 1. The first-order chi connectivity index (χ1) is 7.02. The molecule has 1 aromatic heterocycles. The van der Waals surface area contributed by atoms with Crippen molar-refractivity contribution in [3.05, 3.63) is 33.9 Å². The van der Waals surface area contributed by atoms with Crippen LogP contribution in [0.2, 0.25) is 0 Å². The summed E-state index contributed by atoms with van der Waals surface area (Å²) in [6.07, 6.45) is 0. The van der Waals surface area contributed by atoms with Crippen molar-refractivity contribution < 1.29 is 4.79 Å². The Kier molecular flexibility index (Phi) is 2.43. The van der Waals surface area contributed by atoms with Gasteiger partial charge in [-0.15, -0.1) is 0 Å². The molecule has 2 rings (SSSR count). The largest absolute Gasteiger partial charge is 0.341 e. The fraction of sp³-hybridized carbons (Fsp3) is 0.250. The average Bonchev–Trinajstić information content (AvgIpc) is 2.39. The second-order valence-electron chi connectivity index (χ2n) is 3.75. The highest BCUT2D eigenvalue weighted by atomic mass is 79.9. The number of aryl methyl sites for hydroxylation is 2. The van der Waals surface area contributed by atoms with Crippen LogP contribution in [0.15, 0.2) is 22.7 Å². The van der Waals surface area contributed by atoms with Gasteiger partial charge in [0.1, 0.15) is 0 Å². The Balaban J connectivity index is 2.91. The third-order valence-electron chi connectivity index (χ3n) is 2.75. The van der Waals surface area contributed by atoms with Gasteiger partial charge in [-0.3, -0.25) is 4.79 Å². The number of aromatic nitrogens is 1. The maximum Gasteiger partial charge on any atom is 0.176 e. The van der Waals surface area contributed by atoms with Crippen molar-refractivity contribution in [1.29, 1.82) is 0 Å². The summed E-state index contributed by atoms with van der Waals surface area (Å²) in [5, 5.41) is 1.14. The van der Waals surface area contributed by atoms with Crippen LogP contribution in [0.1, 0.15) is 23.0 Å². The van der Waals surface area contributed by atoms with E-state index in [0.717, 1.165) is 26.6 Å². The maximum absolute atomic E-state index is 11.5. The molecule has 15 heavy (non-hydrogen) atoms. The normalized spacial score (nSPS) is 10.9. The monoisotopic (exact) mass is 265 g/mol. The molecule has 0 aliphatic heterocycles. The lowest BCUT2D eigenvalue weighted by Gasteiger charge is -2.00. The predicted octanol–water partition coefficient (Wildman–Crippen LogP) is 3.45. The van der Waals surface area contributed by atoms with Crippen molar-refractivity contribution in [2.45, 2.75) is 13.8 Å². The van der Waals surface area contributed by atoms with Crippen LogP contribution in [-0.2, 0) is 7.05 Å². The topological polar surface area (TPSA) is 22.0 Å². The van der Waals surface area contributed by atoms with E-state index in [0.29, 0.717) is 0 Å². The van der Waals surface area contributed by atoms with Crippen LogP contribution in [0.3, 0.4) is 0 Å². The Morgan fingerprint density at radius 3 is 2.67 bits per heavy atom. The van der Waals surface area contributed by atoms with Gasteiger partial charge in [-0.2, -0.15) is 0 Å². The van der Waals surface area contributed by atoms with E-state index in [9.17, 15) is 4.79 Å². The zero-order valence-corrected chi connectivity index (χ0v) is 10.6. The molecule has 0 aliphatic rings. The number of nitrogens with zero attached hydrogens (tertiary/aromatic N) is 1.